The SMILES string of the molecule is Cc1ccc(-c2ccc(/C=C3\SC(=Nc4ccc(Br)cc4)NC3=O)o2)cc1C(=O)O. The first-order chi connectivity index (χ1) is 14.4. The first kappa shape index (κ1) is 20.2. The number of hydrogen-bond donors (Lipinski definition) is 2. The lowest BCUT2D eigenvalue weighted by Crippen LogP contribution is -2.19. The topological polar surface area (TPSA) is 91.9 Å². The molecule has 30 heavy (non-hydrogen) atoms. The highest BCUT2D eigenvalue weighted by molar-refractivity contribution is 9.10. The largest absolute Gasteiger partial charge is 0.478 e. The molecule has 0 bridgehead atoms. The molecule has 1 aliphatic rings. The van der Waals surface area contributed by atoms with Gasteiger partial charge in [0.1, 0.15) is 11.5 Å². The van der Waals surface area contributed by atoms with E-state index in [1.165, 1.54) is 11.8 Å². The predicted octanol–water partition coefficient (Wildman–Crippen LogP) is 5.61. The van der Waals surface area contributed by atoms with Gasteiger partial charge in [-0.15, -0.1) is 0 Å². The zero-order valence-electron chi connectivity index (χ0n) is 15.7. The fourth-order valence-corrected chi connectivity index (χ4v) is 3.92. The van der Waals surface area contributed by atoms with Crippen LogP contribution in [0.5, 0.6) is 0 Å². The fourth-order valence-electron chi connectivity index (χ4n) is 2.83. The second-order valence-electron chi connectivity index (χ2n) is 6.50. The number of amides is 1. The molecule has 0 saturated carbocycles. The van der Waals surface area contributed by atoms with Crippen molar-refractivity contribution in [3.63, 3.8) is 0 Å². The van der Waals surface area contributed by atoms with Crippen LogP contribution in [0.25, 0.3) is 17.4 Å². The van der Waals surface area contributed by atoms with Crippen LogP contribution >= 0.6 is 27.7 Å². The lowest BCUT2D eigenvalue weighted by molar-refractivity contribution is -0.115. The highest BCUT2D eigenvalue weighted by Gasteiger charge is 2.24. The summed E-state index contributed by atoms with van der Waals surface area (Å²) in [4.78, 5) is 28.5. The van der Waals surface area contributed by atoms with Crippen LogP contribution < -0.4 is 5.32 Å². The Morgan fingerprint density at radius 2 is 1.93 bits per heavy atom. The zero-order chi connectivity index (χ0) is 21.3. The van der Waals surface area contributed by atoms with Gasteiger partial charge < -0.3 is 14.8 Å². The lowest BCUT2D eigenvalue weighted by atomic mass is 10.0. The van der Waals surface area contributed by atoms with E-state index in [4.69, 9.17) is 4.42 Å². The average Bonchev–Trinajstić information content (AvgIpc) is 3.31. The maximum Gasteiger partial charge on any atom is 0.335 e. The number of aliphatic imine (C=N–C) groups is 1. The number of carbonyl (C=O) groups is 2. The van der Waals surface area contributed by atoms with Crippen molar-refractivity contribution >= 4 is 56.5 Å². The molecule has 0 atom stereocenters. The predicted molar refractivity (Wildman–Crippen MR) is 121 cm³/mol. The molecular weight excluding hydrogens is 468 g/mol. The minimum Gasteiger partial charge on any atom is -0.478 e. The number of hydrogen-bond acceptors (Lipinski definition) is 5. The molecule has 150 valence electrons. The van der Waals surface area contributed by atoms with Crippen LogP contribution in [-0.2, 0) is 4.79 Å². The summed E-state index contributed by atoms with van der Waals surface area (Å²) in [5.74, 6) is -0.223. The van der Waals surface area contributed by atoms with Crippen LogP contribution in [0.2, 0.25) is 0 Å². The Balaban J connectivity index is 1.56. The third kappa shape index (κ3) is 4.39. The van der Waals surface area contributed by atoms with Crippen LogP contribution in [0, 0.1) is 6.92 Å². The molecule has 0 unspecified atom stereocenters. The Hall–Kier alpha value is -3.10. The van der Waals surface area contributed by atoms with Crippen LogP contribution in [0.15, 0.2) is 73.4 Å². The molecule has 0 radical (unpaired) electrons. The number of nitrogens with one attached hydrogen (secondary N) is 1. The van der Waals surface area contributed by atoms with Crippen molar-refractivity contribution in [1.29, 1.82) is 0 Å². The van der Waals surface area contributed by atoms with Gasteiger partial charge in [-0.05, 0) is 66.7 Å². The molecule has 1 aromatic heterocycles. The van der Waals surface area contributed by atoms with Gasteiger partial charge in [-0.25, -0.2) is 9.79 Å². The Kier molecular flexibility index (Phi) is 5.61. The summed E-state index contributed by atoms with van der Waals surface area (Å²) in [5.41, 5.74) is 2.29. The van der Waals surface area contributed by atoms with E-state index in [0.717, 1.165) is 10.2 Å². The molecule has 3 aromatic rings. The first-order valence-corrected chi connectivity index (χ1v) is 10.5. The van der Waals surface area contributed by atoms with Crippen LogP contribution in [-0.4, -0.2) is 22.2 Å². The Bertz CT molecular complexity index is 1210. The van der Waals surface area contributed by atoms with Gasteiger partial charge in [0, 0.05) is 16.1 Å². The minimum absolute atomic E-state index is 0.225. The van der Waals surface area contributed by atoms with E-state index in [1.54, 1.807) is 43.3 Å². The van der Waals surface area contributed by atoms with Crippen molar-refractivity contribution in [3.05, 3.63) is 80.9 Å². The number of furan rings is 1. The van der Waals surface area contributed by atoms with Crippen molar-refractivity contribution in [2.24, 2.45) is 4.99 Å². The molecule has 2 aromatic carbocycles. The molecule has 2 N–H and O–H groups in total. The summed E-state index contributed by atoms with van der Waals surface area (Å²) in [6, 6.07) is 16.0. The maximum atomic E-state index is 12.3. The summed E-state index contributed by atoms with van der Waals surface area (Å²) >= 11 is 4.60. The van der Waals surface area contributed by atoms with E-state index in [9.17, 15) is 14.7 Å². The van der Waals surface area contributed by atoms with Gasteiger partial charge in [0.05, 0.1) is 16.2 Å². The number of aryl methyl sites for hydroxylation is 1. The number of halogens is 1. The number of thioether (sulfide) groups is 1. The van der Waals surface area contributed by atoms with Gasteiger partial charge >= 0.3 is 5.97 Å². The number of nitrogens with zero attached hydrogens (tertiary/aromatic N) is 1. The van der Waals surface area contributed by atoms with Crippen LogP contribution in [0.3, 0.4) is 0 Å². The number of carboxylic acid groups (broad SMARTS) is 1. The van der Waals surface area contributed by atoms with Crippen molar-refractivity contribution in [1.82, 2.24) is 5.32 Å². The van der Waals surface area contributed by atoms with Crippen molar-refractivity contribution in [2.75, 3.05) is 0 Å². The monoisotopic (exact) mass is 482 g/mol. The highest BCUT2D eigenvalue weighted by atomic mass is 79.9. The van der Waals surface area contributed by atoms with Gasteiger partial charge in [0.2, 0.25) is 0 Å². The summed E-state index contributed by atoms with van der Waals surface area (Å²) in [6.45, 7) is 1.74. The molecule has 1 saturated heterocycles. The maximum absolute atomic E-state index is 12.3. The third-order valence-electron chi connectivity index (χ3n) is 4.36. The molecule has 1 fully saturated rings. The van der Waals surface area contributed by atoms with E-state index in [1.807, 2.05) is 24.3 Å². The number of aromatic carboxylic acids is 1. The van der Waals surface area contributed by atoms with Crippen molar-refractivity contribution in [3.8, 4) is 11.3 Å². The number of carbonyl (C=O) groups excluding carboxylic acids is 1. The molecule has 4 rings (SSSR count). The molecular formula is C22H15BrN2O4S. The van der Waals surface area contributed by atoms with Crippen LogP contribution in [0.1, 0.15) is 21.7 Å². The van der Waals surface area contributed by atoms with Crippen molar-refractivity contribution < 1.29 is 19.1 Å². The molecule has 2 heterocycles. The summed E-state index contributed by atoms with van der Waals surface area (Å²) in [6.07, 6.45) is 1.64. The fraction of sp³-hybridized carbons (Fsp3) is 0.0455. The lowest BCUT2D eigenvalue weighted by Gasteiger charge is -2.03. The summed E-state index contributed by atoms with van der Waals surface area (Å²) < 4.78 is 6.77. The van der Waals surface area contributed by atoms with E-state index in [0.29, 0.717) is 32.7 Å². The molecule has 1 amide bonds. The first-order valence-electron chi connectivity index (χ1n) is 8.88. The second-order valence-corrected chi connectivity index (χ2v) is 8.44. The zero-order valence-corrected chi connectivity index (χ0v) is 18.1. The highest BCUT2D eigenvalue weighted by Crippen LogP contribution is 2.31. The molecule has 0 spiro atoms. The molecule has 6 nitrogen and oxygen atoms in total. The average molecular weight is 483 g/mol. The Labute approximate surface area is 184 Å². The smallest absolute Gasteiger partial charge is 0.335 e. The Morgan fingerprint density at radius 1 is 1.17 bits per heavy atom. The molecule has 0 aliphatic carbocycles. The quantitative estimate of drug-likeness (QED) is 0.471. The van der Waals surface area contributed by atoms with E-state index >= 15 is 0 Å². The summed E-state index contributed by atoms with van der Waals surface area (Å²) in [7, 11) is 0. The number of carboxylic acids is 1. The van der Waals surface area contributed by atoms with Gasteiger partial charge in [-0.2, -0.15) is 0 Å². The van der Waals surface area contributed by atoms with E-state index in [-0.39, 0.29) is 11.5 Å². The normalized spacial score (nSPS) is 16.3. The number of rotatable bonds is 4. The Morgan fingerprint density at radius 3 is 2.67 bits per heavy atom. The third-order valence-corrected chi connectivity index (χ3v) is 5.80. The number of amidine groups is 1. The van der Waals surface area contributed by atoms with Gasteiger partial charge in [-0.3, -0.25) is 4.79 Å². The standard InChI is InChI=1S/C22H15BrN2O4S/c1-12-2-3-13(10-17(12)21(27)28)18-9-8-16(29-18)11-19-20(26)25-22(30-19)24-15-6-4-14(23)5-7-15/h2-11H,1H3,(H,27,28)(H,24,25,26)/b19-11-. The van der Waals surface area contributed by atoms with E-state index < -0.39 is 5.97 Å². The number of benzene rings is 2. The molecule has 1 aliphatic heterocycles. The summed E-state index contributed by atoms with van der Waals surface area (Å²) in [5, 5.41) is 12.5. The van der Waals surface area contributed by atoms with Gasteiger partial charge in [-0.1, -0.05) is 28.1 Å². The molecule has 8 heteroatoms. The van der Waals surface area contributed by atoms with Crippen LogP contribution in [0.4, 0.5) is 5.69 Å². The second kappa shape index (κ2) is 8.33. The van der Waals surface area contributed by atoms with Crippen molar-refractivity contribution in [2.45, 2.75) is 6.92 Å². The van der Waals surface area contributed by atoms with Gasteiger partial charge in [0.25, 0.3) is 5.91 Å². The van der Waals surface area contributed by atoms with E-state index in [2.05, 4.69) is 26.2 Å². The minimum atomic E-state index is -0.986. The van der Waals surface area contributed by atoms with Gasteiger partial charge in [0.15, 0.2) is 5.17 Å².